The molecule has 0 unspecified atom stereocenters. The van der Waals surface area contributed by atoms with Gasteiger partial charge in [-0.1, -0.05) is 17.7 Å². The number of nitrogens with one attached hydrogen (secondary N) is 1. The van der Waals surface area contributed by atoms with Crippen LogP contribution in [0, 0.1) is 6.92 Å². The molecule has 0 radical (unpaired) electrons. The molecule has 0 atom stereocenters. The summed E-state index contributed by atoms with van der Waals surface area (Å²) in [6.45, 7) is 3.76. The molecule has 2 aromatic carbocycles. The summed E-state index contributed by atoms with van der Waals surface area (Å²) in [5.74, 6) is -1.94. The predicted molar refractivity (Wildman–Crippen MR) is 102 cm³/mol. The van der Waals surface area contributed by atoms with Crippen molar-refractivity contribution in [2.45, 2.75) is 13.8 Å². The third-order valence-corrected chi connectivity index (χ3v) is 3.85. The standard InChI is InChI=1S/C20H22N2O5/c1-4-27-18(23)12-22(3)17-9-8-15(11-16(17)20(25)26)21-19(24)14-7-5-6-13(2)10-14/h5-11H,4,12H2,1-3H3,(H,21,24)(H,25,26). The number of esters is 1. The van der Waals surface area contributed by atoms with Crippen LogP contribution in [0.4, 0.5) is 11.4 Å². The van der Waals surface area contributed by atoms with Crippen LogP contribution in [0.25, 0.3) is 0 Å². The maximum Gasteiger partial charge on any atom is 0.337 e. The van der Waals surface area contributed by atoms with E-state index in [0.717, 1.165) is 5.56 Å². The third kappa shape index (κ3) is 5.31. The molecule has 2 rings (SSSR count). The number of benzene rings is 2. The van der Waals surface area contributed by atoms with Gasteiger partial charge in [-0.2, -0.15) is 0 Å². The normalized spacial score (nSPS) is 10.2. The topological polar surface area (TPSA) is 95.9 Å². The summed E-state index contributed by atoms with van der Waals surface area (Å²) < 4.78 is 4.88. The van der Waals surface area contributed by atoms with Crippen molar-refractivity contribution in [3.63, 3.8) is 0 Å². The predicted octanol–water partition coefficient (Wildman–Crippen LogP) is 2.94. The number of anilines is 2. The highest BCUT2D eigenvalue weighted by molar-refractivity contribution is 6.05. The van der Waals surface area contributed by atoms with Gasteiger partial charge in [0, 0.05) is 18.3 Å². The van der Waals surface area contributed by atoms with E-state index >= 15 is 0 Å². The van der Waals surface area contributed by atoms with Crippen LogP contribution in [0.5, 0.6) is 0 Å². The first-order valence-corrected chi connectivity index (χ1v) is 8.44. The van der Waals surface area contributed by atoms with Crippen LogP contribution < -0.4 is 10.2 Å². The molecule has 0 aliphatic carbocycles. The number of aromatic carboxylic acids is 1. The Morgan fingerprint density at radius 2 is 1.89 bits per heavy atom. The minimum absolute atomic E-state index is 0.0242. The second kappa shape index (κ2) is 8.84. The maximum absolute atomic E-state index is 12.4. The highest BCUT2D eigenvalue weighted by Gasteiger charge is 2.18. The Labute approximate surface area is 157 Å². The van der Waals surface area contributed by atoms with Gasteiger partial charge in [-0.15, -0.1) is 0 Å². The van der Waals surface area contributed by atoms with E-state index in [-0.39, 0.29) is 24.6 Å². The Morgan fingerprint density at radius 3 is 2.52 bits per heavy atom. The molecule has 142 valence electrons. The van der Waals surface area contributed by atoms with E-state index in [0.29, 0.717) is 16.9 Å². The van der Waals surface area contributed by atoms with Crippen LogP contribution >= 0.6 is 0 Å². The summed E-state index contributed by atoms with van der Waals surface area (Å²) in [6, 6.07) is 11.6. The largest absolute Gasteiger partial charge is 0.478 e. The second-order valence-corrected chi connectivity index (χ2v) is 6.02. The van der Waals surface area contributed by atoms with E-state index < -0.39 is 11.9 Å². The SMILES string of the molecule is CCOC(=O)CN(C)c1ccc(NC(=O)c2cccc(C)c2)cc1C(=O)O. The number of carbonyl (C=O) groups excluding carboxylic acids is 2. The Morgan fingerprint density at radius 1 is 1.15 bits per heavy atom. The molecule has 0 aromatic heterocycles. The second-order valence-electron chi connectivity index (χ2n) is 6.02. The molecule has 0 aliphatic rings. The minimum Gasteiger partial charge on any atom is -0.478 e. The lowest BCUT2D eigenvalue weighted by atomic mass is 10.1. The average molecular weight is 370 g/mol. The maximum atomic E-state index is 12.4. The van der Waals surface area contributed by atoms with Gasteiger partial charge in [0.15, 0.2) is 0 Å². The number of likely N-dealkylation sites (N-methyl/N-ethyl adjacent to an activating group) is 1. The first-order chi connectivity index (χ1) is 12.8. The van der Waals surface area contributed by atoms with Crippen molar-refractivity contribution >= 4 is 29.2 Å². The van der Waals surface area contributed by atoms with E-state index in [4.69, 9.17) is 4.74 Å². The smallest absolute Gasteiger partial charge is 0.337 e. The van der Waals surface area contributed by atoms with Crippen LogP contribution in [0.1, 0.15) is 33.2 Å². The summed E-state index contributed by atoms with van der Waals surface area (Å²) in [7, 11) is 1.60. The van der Waals surface area contributed by atoms with Gasteiger partial charge in [-0.05, 0) is 44.2 Å². The molecule has 0 heterocycles. The quantitative estimate of drug-likeness (QED) is 0.728. The average Bonchev–Trinajstić information content (AvgIpc) is 2.61. The van der Waals surface area contributed by atoms with E-state index in [2.05, 4.69) is 5.32 Å². The van der Waals surface area contributed by atoms with Crippen molar-refractivity contribution in [3.05, 3.63) is 59.2 Å². The first-order valence-electron chi connectivity index (χ1n) is 8.44. The monoisotopic (exact) mass is 370 g/mol. The number of ether oxygens (including phenoxy) is 1. The van der Waals surface area contributed by atoms with Gasteiger partial charge in [0.1, 0.15) is 6.54 Å². The van der Waals surface area contributed by atoms with Gasteiger partial charge in [-0.3, -0.25) is 9.59 Å². The number of amides is 1. The van der Waals surface area contributed by atoms with Crippen molar-refractivity contribution in [2.24, 2.45) is 0 Å². The van der Waals surface area contributed by atoms with E-state index in [9.17, 15) is 19.5 Å². The summed E-state index contributed by atoms with van der Waals surface area (Å²) in [6.07, 6.45) is 0. The van der Waals surface area contributed by atoms with Crippen LogP contribution in [0.15, 0.2) is 42.5 Å². The summed E-state index contributed by atoms with van der Waals surface area (Å²) in [5, 5.41) is 12.2. The molecular formula is C20H22N2O5. The minimum atomic E-state index is -1.16. The Bertz CT molecular complexity index is 863. The zero-order chi connectivity index (χ0) is 20.0. The number of carboxylic acid groups (broad SMARTS) is 1. The van der Waals surface area contributed by atoms with E-state index in [1.165, 1.54) is 11.0 Å². The first kappa shape index (κ1) is 20.0. The Kier molecular flexibility index (Phi) is 6.54. The molecular weight excluding hydrogens is 348 g/mol. The lowest BCUT2D eigenvalue weighted by Gasteiger charge is -2.21. The van der Waals surface area contributed by atoms with Gasteiger partial charge in [0.05, 0.1) is 17.9 Å². The highest BCUT2D eigenvalue weighted by atomic mass is 16.5. The fraction of sp³-hybridized carbons (Fsp3) is 0.250. The van der Waals surface area contributed by atoms with Crippen molar-refractivity contribution in [1.29, 1.82) is 0 Å². The molecule has 0 saturated heterocycles. The summed E-state index contributed by atoms with van der Waals surface area (Å²) in [4.78, 5) is 37.1. The molecule has 1 amide bonds. The third-order valence-electron chi connectivity index (χ3n) is 3.85. The summed E-state index contributed by atoms with van der Waals surface area (Å²) >= 11 is 0. The molecule has 0 fully saturated rings. The number of hydrogen-bond donors (Lipinski definition) is 2. The van der Waals surface area contributed by atoms with Gasteiger partial charge >= 0.3 is 11.9 Å². The van der Waals surface area contributed by atoms with Crippen LogP contribution in [0.2, 0.25) is 0 Å². The highest BCUT2D eigenvalue weighted by Crippen LogP contribution is 2.24. The lowest BCUT2D eigenvalue weighted by Crippen LogP contribution is -2.28. The van der Waals surface area contributed by atoms with Gasteiger partial charge in [-0.25, -0.2) is 4.79 Å². The molecule has 2 aromatic rings. The van der Waals surface area contributed by atoms with Crippen LogP contribution in [0.3, 0.4) is 0 Å². The molecule has 27 heavy (non-hydrogen) atoms. The number of rotatable bonds is 7. The van der Waals surface area contributed by atoms with Crippen molar-refractivity contribution < 1.29 is 24.2 Å². The molecule has 7 heteroatoms. The Balaban J connectivity index is 2.23. The number of carboxylic acids is 1. The van der Waals surface area contributed by atoms with E-state index in [1.54, 1.807) is 44.3 Å². The van der Waals surface area contributed by atoms with Crippen molar-refractivity contribution in [3.8, 4) is 0 Å². The van der Waals surface area contributed by atoms with Crippen LogP contribution in [-0.4, -0.2) is 43.2 Å². The number of carbonyl (C=O) groups is 3. The summed E-state index contributed by atoms with van der Waals surface area (Å²) in [5.41, 5.74) is 2.11. The van der Waals surface area contributed by atoms with Gasteiger partial charge in [0.25, 0.3) is 5.91 Å². The molecule has 0 spiro atoms. The molecule has 0 bridgehead atoms. The molecule has 7 nitrogen and oxygen atoms in total. The van der Waals surface area contributed by atoms with E-state index in [1.807, 2.05) is 13.0 Å². The van der Waals surface area contributed by atoms with Gasteiger partial charge < -0.3 is 20.1 Å². The zero-order valence-corrected chi connectivity index (χ0v) is 15.5. The molecule has 0 saturated carbocycles. The van der Waals surface area contributed by atoms with Crippen molar-refractivity contribution in [2.75, 3.05) is 30.4 Å². The Hall–Kier alpha value is -3.35. The van der Waals surface area contributed by atoms with Crippen molar-refractivity contribution in [1.82, 2.24) is 0 Å². The van der Waals surface area contributed by atoms with Crippen LogP contribution in [-0.2, 0) is 9.53 Å². The fourth-order valence-electron chi connectivity index (χ4n) is 2.59. The number of hydrogen-bond acceptors (Lipinski definition) is 5. The fourth-order valence-corrected chi connectivity index (χ4v) is 2.59. The molecule has 2 N–H and O–H groups in total. The number of nitrogens with zero attached hydrogens (tertiary/aromatic N) is 1. The lowest BCUT2D eigenvalue weighted by molar-refractivity contribution is -0.141. The number of aryl methyl sites for hydroxylation is 1. The van der Waals surface area contributed by atoms with Gasteiger partial charge in [0.2, 0.25) is 0 Å². The molecule has 0 aliphatic heterocycles. The zero-order valence-electron chi connectivity index (χ0n) is 15.5.